The first-order valence-corrected chi connectivity index (χ1v) is 7.19. The number of amides is 1. The smallest absolute Gasteiger partial charge is 0.311 e. The molecule has 120 valence electrons. The van der Waals surface area contributed by atoms with Gasteiger partial charge in [-0.3, -0.25) is 14.9 Å². The number of aromatic nitrogens is 1. The van der Waals surface area contributed by atoms with Crippen LogP contribution in [-0.4, -0.2) is 23.5 Å². The van der Waals surface area contributed by atoms with E-state index in [4.69, 9.17) is 14.9 Å². The van der Waals surface area contributed by atoms with Crippen molar-refractivity contribution < 1.29 is 18.7 Å². The van der Waals surface area contributed by atoms with Crippen LogP contribution in [0.25, 0.3) is 0 Å². The summed E-state index contributed by atoms with van der Waals surface area (Å²) in [7, 11) is 0. The lowest BCUT2D eigenvalue weighted by molar-refractivity contribution is -0.142. The average Bonchev–Trinajstić information content (AvgIpc) is 3.08. The lowest BCUT2D eigenvalue weighted by Crippen LogP contribution is -2.11. The van der Waals surface area contributed by atoms with Crippen molar-refractivity contribution in [2.75, 3.05) is 11.9 Å². The molecule has 0 radical (unpaired) electrons. The molecule has 2 aromatic rings. The van der Waals surface area contributed by atoms with Gasteiger partial charge in [0.25, 0.3) is 5.91 Å². The number of hydrogen-bond donors (Lipinski definition) is 2. The Morgan fingerprint density at radius 2 is 2.27 bits per heavy atom. The van der Waals surface area contributed by atoms with Crippen molar-refractivity contribution in [2.24, 2.45) is 5.73 Å². The number of hydrogen-bond acceptors (Lipinski definition) is 7. The zero-order chi connectivity index (χ0) is 15.2. The lowest BCUT2D eigenvalue weighted by atomic mass is 10.3. The average molecular weight is 346 g/mol. The molecule has 7 nitrogen and oxygen atoms in total. The maximum Gasteiger partial charge on any atom is 0.311 e. The van der Waals surface area contributed by atoms with E-state index in [2.05, 4.69) is 10.3 Å². The summed E-state index contributed by atoms with van der Waals surface area (Å²) in [6.07, 6.45) is 1.42. The molecule has 0 unspecified atom stereocenters. The summed E-state index contributed by atoms with van der Waals surface area (Å²) >= 11 is 1.24. The molecule has 2 rings (SSSR count). The zero-order valence-electron chi connectivity index (χ0n) is 11.8. The second-order valence-corrected chi connectivity index (χ2v) is 4.94. The van der Waals surface area contributed by atoms with Crippen molar-refractivity contribution >= 4 is 40.8 Å². The number of halogens is 1. The number of nitrogens with two attached hydrogens (primary N) is 1. The van der Waals surface area contributed by atoms with E-state index in [1.54, 1.807) is 18.4 Å². The van der Waals surface area contributed by atoms with Gasteiger partial charge in [0, 0.05) is 5.38 Å². The largest absolute Gasteiger partial charge is 0.467 e. The van der Waals surface area contributed by atoms with Crippen molar-refractivity contribution in [3.05, 3.63) is 34.7 Å². The van der Waals surface area contributed by atoms with Crippen LogP contribution in [0.5, 0.6) is 0 Å². The third-order valence-corrected chi connectivity index (χ3v) is 3.33. The molecule has 3 N–H and O–H groups in total. The van der Waals surface area contributed by atoms with Crippen LogP contribution < -0.4 is 11.1 Å². The summed E-state index contributed by atoms with van der Waals surface area (Å²) in [5.74, 6) is -0.152. The summed E-state index contributed by atoms with van der Waals surface area (Å²) in [4.78, 5) is 27.4. The number of carbonyl (C=O) groups is 2. The highest BCUT2D eigenvalue weighted by atomic mass is 35.5. The first-order valence-electron chi connectivity index (χ1n) is 6.31. The maximum absolute atomic E-state index is 11.9. The van der Waals surface area contributed by atoms with Crippen LogP contribution in [0.2, 0.25) is 0 Å². The van der Waals surface area contributed by atoms with Gasteiger partial charge in [-0.1, -0.05) is 0 Å². The van der Waals surface area contributed by atoms with Crippen LogP contribution >= 0.6 is 23.7 Å². The molecule has 2 aromatic heterocycles. The van der Waals surface area contributed by atoms with E-state index in [1.165, 1.54) is 17.6 Å². The molecule has 2 heterocycles. The third kappa shape index (κ3) is 4.83. The summed E-state index contributed by atoms with van der Waals surface area (Å²) in [5.41, 5.74) is 6.34. The normalized spacial score (nSPS) is 9.91. The van der Waals surface area contributed by atoms with Crippen LogP contribution in [-0.2, 0) is 22.5 Å². The Hall–Kier alpha value is -1.90. The highest BCUT2D eigenvalue weighted by molar-refractivity contribution is 7.14. The predicted molar refractivity (Wildman–Crippen MR) is 84.3 cm³/mol. The molecule has 0 aliphatic rings. The van der Waals surface area contributed by atoms with Gasteiger partial charge in [-0.15, -0.1) is 23.7 Å². The minimum atomic E-state index is -0.344. The van der Waals surface area contributed by atoms with Crippen molar-refractivity contribution in [1.82, 2.24) is 4.98 Å². The second kappa shape index (κ2) is 8.52. The fourth-order valence-corrected chi connectivity index (χ4v) is 2.29. The fourth-order valence-electron chi connectivity index (χ4n) is 1.58. The van der Waals surface area contributed by atoms with E-state index in [9.17, 15) is 9.59 Å². The van der Waals surface area contributed by atoms with Gasteiger partial charge >= 0.3 is 5.97 Å². The number of nitrogens with zero attached hydrogens (tertiary/aromatic N) is 1. The number of esters is 1. The highest BCUT2D eigenvalue weighted by Crippen LogP contribution is 2.18. The standard InChI is InChI=1S/C13H15N3O4S.ClH/c1-2-19-11(17)4-9-7-21-13(15-9)16-12(18)8-3-10(5-14)20-6-8;/h3,6-7H,2,4-5,14H2,1H3,(H,15,16,18);1H. The van der Waals surface area contributed by atoms with E-state index in [-0.39, 0.29) is 37.2 Å². The van der Waals surface area contributed by atoms with E-state index in [1.807, 2.05) is 0 Å². The Labute approximate surface area is 137 Å². The van der Waals surface area contributed by atoms with Crippen molar-refractivity contribution in [1.29, 1.82) is 0 Å². The van der Waals surface area contributed by atoms with Crippen molar-refractivity contribution in [2.45, 2.75) is 19.9 Å². The molecule has 0 fully saturated rings. The first-order chi connectivity index (χ1) is 10.1. The van der Waals surface area contributed by atoms with Gasteiger partial charge in [0.2, 0.25) is 0 Å². The molecular weight excluding hydrogens is 330 g/mol. The number of nitrogens with one attached hydrogen (secondary N) is 1. The molecule has 0 aliphatic carbocycles. The summed E-state index contributed by atoms with van der Waals surface area (Å²) in [6, 6.07) is 1.57. The van der Waals surface area contributed by atoms with Gasteiger partial charge in [-0.2, -0.15) is 0 Å². The first kappa shape index (κ1) is 18.1. The topological polar surface area (TPSA) is 107 Å². The van der Waals surface area contributed by atoms with Gasteiger partial charge in [-0.25, -0.2) is 4.98 Å². The summed E-state index contributed by atoms with van der Waals surface area (Å²) in [5, 5.41) is 4.75. The Morgan fingerprint density at radius 3 is 2.91 bits per heavy atom. The number of anilines is 1. The quantitative estimate of drug-likeness (QED) is 0.775. The number of ether oxygens (including phenoxy) is 1. The van der Waals surface area contributed by atoms with Gasteiger partial charge in [-0.05, 0) is 13.0 Å². The van der Waals surface area contributed by atoms with E-state index in [0.29, 0.717) is 28.8 Å². The Kier molecular flexibility index (Phi) is 7.03. The van der Waals surface area contributed by atoms with E-state index in [0.717, 1.165) is 0 Å². The monoisotopic (exact) mass is 345 g/mol. The molecule has 0 spiro atoms. The minimum Gasteiger partial charge on any atom is -0.467 e. The summed E-state index contributed by atoms with van der Waals surface area (Å²) < 4.78 is 9.93. The molecule has 0 aromatic carbocycles. The van der Waals surface area contributed by atoms with Crippen LogP contribution in [0, 0.1) is 0 Å². The summed E-state index contributed by atoms with van der Waals surface area (Å²) in [6.45, 7) is 2.30. The predicted octanol–water partition coefficient (Wildman–Crippen LogP) is 1.97. The molecule has 0 aliphatic heterocycles. The Balaban J connectivity index is 0.00000242. The van der Waals surface area contributed by atoms with Crippen LogP contribution in [0.4, 0.5) is 5.13 Å². The van der Waals surface area contributed by atoms with Crippen molar-refractivity contribution in [3.8, 4) is 0 Å². The molecule has 0 saturated heterocycles. The minimum absolute atomic E-state index is 0. The van der Waals surface area contributed by atoms with E-state index >= 15 is 0 Å². The van der Waals surface area contributed by atoms with Gasteiger partial charge in [0.05, 0.1) is 30.8 Å². The molecular formula is C13H16ClN3O4S. The number of carbonyl (C=O) groups excluding carboxylic acids is 2. The highest BCUT2D eigenvalue weighted by Gasteiger charge is 2.13. The van der Waals surface area contributed by atoms with Crippen molar-refractivity contribution in [3.63, 3.8) is 0 Å². The maximum atomic E-state index is 11.9. The fraction of sp³-hybridized carbons (Fsp3) is 0.308. The Bertz CT molecular complexity index is 641. The van der Waals surface area contributed by atoms with Crippen LogP contribution in [0.15, 0.2) is 22.1 Å². The molecule has 0 saturated carbocycles. The molecule has 22 heavy (non-hydrogen) atoms. The second-order valence-electron chi connectivity index (χ2n) is 4.09. The zero-order valence-corrected chi connectivity index (χ0v) is 13.5. The van der Waals surface area contributed by atoms with E-state index < -0.39 is 0 Å². The third-order valence-electron chi connectivity index (χ3n) is 2.52. The van der Waals surface area contributed by atoms with Gasteiger partial charge in [0.15, 0.2) is 5.13 Å². The molecule has 9 heteroatoms. The van der Waals surface area contributed by atoms with Crippen LogP contribution in [0.3, 0.4) is 0 Å². The molecule has 0 bridgehead atoms. The SMILES string of the molecule is CCOC(=O)Cc1csc(NC(=O)c2coc(CN)c2)n1.Cl. The number of rotatable bonds is 6. The van der Waals surface area contributed by atoms with Gasteiger partial charge in [0.1, 0.15) is 12.0 Å². The number of thiazole rings is 1. The molecule has 0 atom stereocenters. The number of furan rings is 1. The molecule has 1 amide bonds. The van der Waals surface area contributed by atoms with Crippen LogP contribution in [0.1, 0.15) is 28.7 Å². The Morgan fingerprint density at radius 1 is 1.50 bits per heavy atom. The lowest BCUT2D eigenvalue weighted by Gasteiger charge is -1.99. The van der Waals surface area contributed by atoms with Gasteiger partial charge < -0.3 is 14.9 Å².